The Labute approximate surface area is 229 Å². The second-order valence-electron chi connectivity index (χ2n) is 11.1. The predicted molar refractivity (Wildman–Crippen MR) is 141 cm³/mol. The van der Waals surface area contributed by atoms with Gasteiger partial charge in [-0.3, -0.25) is 24.2 Å². The Morgan fingerprint density at radius 1 is 1.25 bits per heavy atom. The molecule has 13 heteroatoms. The molecule has 1 heterocycles. The molecule has 2 amide bonds. The zero-order valence-electron chi connectivity index (χ0n) is 22.1. The molecule has 1 aliphatic heterocycles. The number of aliphatic hydroxyl groups is 3. The van der Waals surface area contributed by atoms with E-state index < -0.39 is 81.0 Å². The number of aromatic hydroxyl groups is 1. The lowest BCUT2D eigenvalue weighted by Gasteiger charge is -2.51. The molecule has 1 saturated heterocycles. The van der Waals surface area contributed by atoms with Crippen molar-refractivity contribution in [2.24, 2.45) is 17.6 Å². The number of nitrogens with zero attached hydrogens (tertiary/aromatic N) is 2. The lowest BCUT2D eigenvalue weighted by Crippen LogP contribution is -2.67. The van der Waals surface area contributed by atoms with Gasteiger partial charge < -0.3 is 36.9 Å². The number of halogens is 1. The molecule has 0 aromatic heterocycles. The van der Waals surface area contributed by atoms with Crippen LogP contribution in [0.25, 0.3) is 5.76 Å². The Hall–Kier alpha value is -3.81. The molecule has 4 aliphatic rings. The number of ketones is 1. The van der Waals surface area contributed by atoms with Gasteiger partial charge in [0.15, 0.2) is 11.4 Å². The molecule has 214 valence electrons. The van der Waals surface area contributed by atoms with Gasteiger partial charge in [0, 0.05) is 23.1 Å². The number of hydrogen-bond acceptors (Lipinski definition) is 10. The molecule has 2 fully saturated rings. The Bertz CT molecular complexity index is 1410. The molecule has 0 unspecified atom stereocenters. The van der Waals surface area contributed by atoms with Crippen LogP contribution in [0.3, 0.4) is 0 Å². The average molecular weight is 558 g/mol. The summed E-state index contributed by atoms with van der Waals surface area (Å²) in [6.45, 7) is 1.52. The third kappa shape index (κ3) is 3.99. The third-order valence-corrected chi connectivity index (χ3v) is 8.56. The van der Waals surface area contributed by atoms with Crippen LogP contribution in [-0.4, -0.2) is 98.9 Å². The summed E-state index contributed by atoms with van der Waals surface area (Å²) in [6.07, 6.45) is 1.70. The summed E-state index contributed by atoms with van der Waals surface area (Å²) < 4.78 is 15.4. The third-order valence-electron chi connectivity index (χ3n) is 8.56. The van der Waals surface area contributed by atoms with E-state index in [-0.39, 0.29) is 36.2 Å². The largest absolute Gasteiger partial charge is 0.510 e. The van der Waals surface area contributed by atoms with E-state index in [2.05, 4.69) is 5.32 Å². The number of rotatable bonds is 5. The van der Waals surface area contributed by atoms with Crippen LogP contribution >= 0.6 is 0 Å². The molecule has 40 heavy (non-hydrogen) atoms. The minimum atomic E-state index is -2.64. The number of hydrogen-bond donors (Lipinski definition) is 7. The summed E-state index contributed by atoms with van der Waals surface area (Å²) in [4.78, 5) is 42.0. The second kappa shape index (κ2) is 9.68. The topological polar surface area (TPSA) is 201 Å². The molecule has 1 aromatic rings. The van der Waals surface area contributed by atoms with Gasteiger partial charge in [0.05, 0.1) is 29.5 Å². The molecule has 1 aromatic carbocycles. The second-order valence-corrected chi connectivity index (χ2v) is 11.1. The van der Waals surface area contributed by atoms with Gasteiger partial charge in [-0.1, -0.05) is 0 Å². The maximum absolute atomic E-state index is 15.4. The average Bonchev–Trinajstić information content (AvgIpc) is 3.37. The first-order valence-electron chi connectivity index (χ1n) is 13.0. The zero-order valence-corrected chi connectivity index (χ0v) is 22.1. The monoisotopic (exact) mass is 557 g/mol. The van der Waals surface area contributed by atoms with E-state index in [4.69, 9.17) is 11.1 Å². The Balaban J connectivity index is 1.58. The van der Waals surface area contributed by atoms with E-state index in [0.29, 0.717) is 0 Å². The van der Waals surface area contributed by atoms with Crippen LogP contribution in [0.15, 0.2) is 23.0 Å². The van der Waals surface area contributed by atoms with Gasteiger partial charge in [-0.05, 0) is 58.8 Å². The molecule has 4 atom stereocenters. The van der Waals surface area contributed by atoms with E-state index in [0.717, 1.165) is 32.0 Å². The quantitative estimate of drug-likeness (QED) is 0.253. The number of nitrogens with two attached hydrogens (primary N) is 1. The van der Waals surface area contributed by atoms with Gasteiger partial charge in [0.2, 0.25) is 11.7 Å². The maximum Gasteiger partial charge on any atom is 0.254 e. The molecule has 0 radical (unpaired) electrons. The summed E-state index contributed by atoms with van der Waals surface area (Å²) in [5.74, 6) is -7.58. The zero-order chi connectivity index (χ0) is 29.3. The van der Waals surface area contributed by atoms with Gasteiger partial charge in [0.25, 0.3) is 5.91 Å². The van der Waals surface area contributed by atoms with Gasteiger partial charge in [-0.25, -0.2) is 4.39 Å². The fourth-order valence-electron chi connectivity index (χ4n) is 6.75. The molecule has 0 bridgehead atoms. The van der Waals surface area contributed by atoms with E-state index in [1.165, 1.54) is 4.90 Å². The van der Waals surface area contributed by atoms with Crippen LogP contribution in [0.5, 0.6) is 5.75 Å². The van der Waals surface area contributed by atoms with Crippen molar-refractivity contribution in [1.82, 2.24) is 9.80 Å². The highest BCUT2D eigenvalue weighted by Crippen LogP contribution is 2.53. The Morgan fingerprint density at radius 2 is 1.90 bits per heavy atom. The Kier molecular flexibility index (Phi) is 6.71. The molecule has 3 aliphatic carbocycles. The van der Waals surface area contributed by atoms with Gasteiger partial charge in [-0.2, -0.15) is 0 Å². The highest BCUT2D eigenvalue weighted by Gasteiger charge is 2.63. The fraction of sp³-hybridized carbons (Fsp3) is 0.481. The first kappa shape index (κ1) is 27.7. The number of likely N-dealkylation sites (N-methyl/N-ethyl adjacent to an activating group) is 1. The number of nitrogens with one attached hydrogen (secondary N) is 2. The number of primary amides is 1. The van der Waals surface area contributed by atoms with Gasteiger partial charge in [-0.15, -0.1) is 0 Å². The van der Waals surface area contributed by atoms with Crippen molar-refractivity contribution in [3.63, 3.8) is 0 Å². The molecular formula is C27H32FN5O7. The Morgan fingerprint density at radius 3 is 2.50 bits per heavy atom. The van der Waals surface area contributed by atoms with Crippen LogP contribution in [0.2, 0.25) is 0 Å². The van der Waals surface area contributed by atoms with Crippen LogP contribution in [-0.2, 0) is 20.8 Å². The smallest absolute Gasteiger partial charge is 0.254 e. The van der Waals surface area contributed by atoms with Crippen LogP contribution in [0.1, 0.15) is 30.4 Å². The molecule has 5 rings (SSSR count). The summed E-state index contributed by atoms with van der Waals surface area (Å²) >= 11 is 0. The number of anilines is 1. The molecular weight excluding hydrogens is 525 g/mol. The van der Waals surface area contributed by atoms with Crippen molar-refractivity contribution in [3.8, 4) is 5.75 Å². The number of carbonyl (C=O) groups is 3. The molecule has 8 N–H and O–H groups in total. The minimum absolute atomic E-state index is 0.0396. The SMILES string of the molecule is CN(C)[C@@H]1C(O)=C(C(N)=O)C(=N)[C@@]2(O)C(=O)C3=C(O)c4c(O)c(NC(=O)CN5CCCC5)cc(F)c4C[C@H]3C[C@@H]12. The summed E-state index contributed by atoms with van der Waals surface area (Å²) in [7, 11) is 3.10. The van der Waals surface area contributed by atoms with Crippen molar-refractivity contribution in [2.75, 3.05) is 39.0 Å². The van der Waals surface area contributed by atoms with Crippen LogP contribution < -0.4 is 11.1 Å². The number of aliphatic hydroxyl groups excluding tert-OH is 2. The van der Waals surface area contributed by atoms with E-state index in [1.54, 1.807) is 14.1 Å². The predicted octanol–water partition coefficient (Wildman–Crippen LogP) is 0.588. The highest BCUT2D eigenvalue weighted by atomic mass is 19.1. The van der Waals surface area contributed by atoms with Crippen LogP contribution in [0, 0.1) is 23.1 Å². The first-order valence-corrected chi connectivity index (χ1v) is 13.0. The van der Waals surface area contributed by atoms with Crippen molar-refractivity contribution in [2.45, 2.75) is 37.3 Å². The fourth-order valence-corrected chi connectivity index (χ4v) is 6.75. The van der Waals surface area contributed by atoms with Crippen molar-refractivity contribution in [3.05, 3.63) is 39.9 Å². The van der Waals surface area contributed by atoms with Crippen molar-refractivity contribution in [1.29, 1.82) is 5.41 Å². The number of phenolic OH excluding ortho intramolecular Hbond substituents is 1. The molecule has 1 saturated carbocycles. The van der Waals surface area contributed by atoms with E-state index >= 15 is 4.39 Å². The minimum Gasteiger partial charge on any atom is -0.510 e. The van der Waals surface area contributed by atoms with Crippen molar-refractivity contribution >= 4 is 34.8 Å². The standard InChI is InChI=1S/C27H32FN5O7/c1-32(2)20-13-8-11-7-12-14(28)9-15(31-16(34)10-33-5-3-4-6-33)21(35)18(12)22(36)17(11)25(38)27(13,40)24(29)19(23(20)37)26(30)39/h9,11,13,20,29,35-37,40H,3-8,10H2,1-2H3,(H2,30,39)(H,31,34)/t11-,13-,20-,27+/m0/s1. The van der Waals surface area contributed by atoms with Crippen molar-refractivity contribution < 1.29 is 39.2 Å². The highest BCUT2D eigenvalue weighted by molar-refractivity contribution is 6.34. The van der Waals surface area contributed by atoms with Crippen LogP contribution in [0.4, 0.5) is 10.1 Å². The first-order chi connectivity index (χ1) is 18.8. The number of Topliss-reactive ketones (excluding diaryl/α,β-unsaturated/α-hetero) is 1. The lowest BCUT2D eigenvalue weighted by molar-refractivity contribution is -0.138. The van der Waals surface area contributed by atoms with E-state index in [1.807, 2.05) is 4.90 Å². The number of carbonyl (C=O) groups excluding carboxylic acids is 3. The summed E-state index contributed by atoms with van der Waals surface area (Å²) in [6, 6.07) is -0.121. The number of amides is 2. The summed E-state index contributed by atoms with van der Waals surface area (Å²) in [5.41, 5.74) is 0.0656. The van der Waals surface area contributed by atoms with Gasteiger partial charge >= 0.3 is 0 Å². The number of phenols is 1. The van der Waals surface area contributed by atoms with Gasteiger partial charge in [0.1, 0.15) is 22.9 Å². The number of fused-ring (bicyclic) bond motifs is 3. The normalized spacial score (nSPS) is 28.5. The molecule has 12 nitrogen and oxygen atoms in total. The molecule has 0 spiro atoms. The van der Waals surface area contributed by atoms with E-state index in [9.17, 15) is 34.8 Å². The maximum atomic E-state index is 15.4. The number of benzene rings is 1. The lowest BCUT2D eigenvalue weighted by atomic mass is 9.57. The number of likely N-dealkylation sites (tertiary alicyclic amines) is 1. The summed E-state index contributed by atoms with van der Waals surface area (Å²) in [5, 5.41) is 55.8.